The molecular weight excluding hydrogens is 264 g/mol. The van der Waals surface area contributed by atoms with Gasteiger partial charge in [0.25, 0.3) is 0 Å². The van der Waals surface area contributed by atoms with Crippen LogP contribution in [-0.2, 0) is 0 Å². The molecule has 1 nitrogen and oxygen atoms in total. The zero-order valence-electron chi connectivity index (χ0n) is 10.6. The molecule has 0 saturated heterocycles. The summed E-state index contributed by atoms with van der Waals surface area (Å²) in [5, 5.41) is 17.4. The lowest BCUT2D eigenvalue weighted by molar-refractivity contribution is 0.476. The van der Waals surface area contributed by atoms with Gasteiger partial charge in [-0.2, -0.15) is 0 Å². The third-order valence-electron chi connectivity index (χ3n) is 4.11. The Morgan fingerprint density at radius 3 is 2.00 bits per heavy atom. The van der Waals surface area contributed by atoms with Crippen molar-refractivity contribution in [2.24, 2.45) is 0 Å². The summed E-state index contributed by atoms with van der Waals surface area (Å²) in [6.45, 7) is 0. The molecule has 94 valence electrons. The fraction of sp³-hybridized carbons (Fsp3) is 0. The number of phenols is 1. The van der Waals surface area contributed by atoms with Crippen LogP contribution < -0.4 is 0 Å². The Morgan fingerprint density at radius 1 is 0.650 bits per heavy atom. The van der Waals surface area contributed by atoms with Gasteiger partial charge in [0.2, 0.25) is 0 Å². The van der Waals surface area contributed by atoms with Crippen LogP contribution in [0.2, 0.25) is 0 Å². The Morgan fingerprint density at radius 2 is 1.30 bits per heavy atom. The van der Waals surface area contributed by atoms with E-state index in [4.69, 9.17) is 0 Å². The van der Waals surface area contributed by atoms with Crippen molar-refractivity contribution < 1.29 is 5.11 Å². The molecule has 0 fully saturated rings. The standard InChI is InChI=1S/C18H10OS/c19-10-7-8-11-12-3-1-5-15-17(12)18-13(14(11)9-10)4-2-6-16(18)20-15/h1-9,19H. The van der Waals surface area contributed by atoms with Crippen molar-refractivity contribution in [1.82, 2.24) is 0 Å². The molecule has 2 heteroatoms. The van der Waals surface area contributed by atoms with Gasteiger partial charge in [0.1, 0.15) is 5.75 Å². The largest absolute Gasteiger partial charge is 0.508 e. The van der Waals surface area contributed by atoms with Gasteiger partial charge in [0.15, 0.2) is 0 Å². The van der Waals surface area contributed by atoms with Crippen LogP contribution in [0.5, 0.6) is 5.75 Å². The van der Waals surface area contributed by atoms with Crippen LogP contribution in [0.15, 0.2) is 54.6 Å². The minimum Gasteiger partial charge on any atom is -0.508 e. The number of hydrogen-bond acceptors (Lipinski definition) is 2. The van der Waals surface area contributed by atoms with Gasteiger partial charge in [-0.1, -0.05) is 30.3 Å². The van der Waals surface area contributed by atoms with Crippen LogP contribution in [0, 0.1) is 0 Å². The molecule has 0 radical (unpaired) electrons. The molecule has 20 heavy (non-hydrogen) atoms. The van der Waals surface area contributed by atoms with E-state index in [-0.39, 0.29) is 0 Å². The monoisotopic (exact) mass is 274 g/mol. The van der Waals surface area contributed by atoms with E-state index in [2.05, 4.69) is 36.4 Å². The first-order valence-corrected chi connectivity index (χ1v) is 7.42. The molecule has 0 aliphatic heterocycles. The zero-order valence-corrected chi connectivity index (χ0v) is 11.4. The Balaban J connectivity index is 2.30. The first kappa shape index (κ1) is 10.5. The molecule has 1 heterocycles. The van der Waals surface area contributed by atoms with Crippen molar-refractivity contribution in [2.75, 3.05) is 0 Å². The molecule has 5 aromatic rings. The number of benzene rings is 4. The molecule has 5 rings (SSSR count). The predicted octanol–water partition coefficient (Wildman–Crippen LogP) is 5.50. The van der Waals surface area contributed by atoms with Gasteiger partial charge in [-0.25, -0.2) is 0 Å². The number of phenolic OH excluding ortho intramolecular Hbond substituents is 1. The van der Waals surface area contributed by atoms with Crippen LogP contribution in [0.3, 0.4) is 0 Å². The summed E-state index contributed by atoms with van der Waals surface area (Å²) in [4.78, 5) is 0. The van der Waals surface area contributed by atoms with E-state index >= 15 is 0 Å². The van der Waals surface area contributed by atoms with E-state index in [1.54, 1.807) is 6.07 Å². The van der Waals surface area contributed by atoms with Gasteiger partial charge >= 0.3 is 0 Å². The quantitative estimate of drug-likeness (QED) is 0.369. The maximum Gasteiger partial charge on any atom is 0.116 e. The summed E-state index contributed by atoms with van der Waals surface area (Å²) in [5.41, 5.74) is 0. The molecule has 1 aromatic heterocycles. The van der Waals surface area contributed by atoms with Gasteiger partial charge in [0, 0.05) is 20.2 Å². The minimum absolute atomic E-state index is 0.326. The average Bonchev–Trinajstić information content (AvgIpc) is 2.85. The summed E-state index contributed by atoms with van der Waals surface area (Å²) >= 11 is 1.84. The molecule has 0 bridgehead atoms. The number of rotatable bonds is 0. The summed E-state index contributed by atoms with van der Waals surface area (Å²) in [6, 6.07) is 18.6. The molecule has 0 unspecified atom stereocenters. The maximum absolute atomic E-state index is 9.84. The maximum atomic E-state index is 9.84. The molecule has 1 N–H and O–H groups in total. The molecular formula is C18H10OS. The highest BCUT2D eigenvalue weighted by molar-refractivity contribution is 7.26. The third-order valence-corrected chi connectivity index (χ3v) is 5.23. The number of thiophene rings is 1. The van der Waals surface area contributed by atoms with Crippen molar-refractivity contribution in [3.8, 4) is 5.75 Å². The zero-order chi connectivity index (χ0) is 13.3. The average molecular weight is 274 g/mol. The van der Waals surface area contributed by atoms with Gasteiger partial charge in [0.05, 0.1) is 0 Å². The van der Waals surface area contributed by atoms with E-state index in [0.29, 0.717) is 5.75 Å². The van der Waals surface area contributed by atoms with E-state index in [1.165, 1.54) is 36.3 Å². The van der Waals surface area contributed by atoms with E-state index in [1.807, 2.05) is 23.5 Å². The Labute approximate surface area is 119 Å². The van der Waals surface area contributed by atoms with Gasteiger partial charge in [-0.05, 0) is 45.8 Å². The van der Waals surface area contributed by atoms with Crippen molar-refractivity contribution in [2.45, 2.75) is 0 Å². The van der Waals surface area contributed by atoms with Gasteiger partial charge < -0.3 is 5.11 Å². The van der Waals surface area contributed by atoms with Crippen molar-refractivity contribution in [3.63, 3.8) is 0 Å². The molecule has 0 saturated carbocycles. The lowest BCUT2D eigenvalue weighted by Gasteiger charge is -2.09. The van der Waals surface area contributed by atoms with Gasteiger partial charge in [-0.3, -0.25) is 0 Å². The number of aromatic hydroxyl groups is 1. The second kappa shape index (κ2) is 3.41. The lowest BCUT2D eigenvalue weighted by atomic mass is 9.94. The van der Waals surface area contributed by atoms with Gasteiger partial charge in [-0.15, -0.1) is 11.3 Å². The Kier molecular flexibility index (Phi) is 1.78. The first-order valence-electron chi connectivity index (χ1n) is 6.61. The highest BCUT2D eigenvalue weighted by atomic mass is 32.1. The molecule has 0 amide bonds. The summed E-state index contributed by atoms with van der Waals surface area (Å²) < 4.78 is 2.66. The smallest absolute Gasteiger partial charge is 0.116 e. The fourth-order valence-electron chi connectivity index (χ4n) is 3.31. The Hall–Kier alpha value is -2.32. The fourth-order valence-corrected chi connectivity index (χ4v) is 4.46. The molecule has 0 aliphatic rings. The van der Waals surface area contributed by atoms with E-state index in [9.17, 15) is 5.11 Å². The van der Waals surface area contributed by atoms with Crippen molar-refractivity contribution in [3.05, 3.63) is 54.6 Å². The summed E-state index contributed by atoms with van der Waals surface area (Å²) in [7, 11) is 0. The topological polar surface area (TPSA) is 20.2 Å². The van der Waals surface area contributed by atoms with Crippen molar-refractivity contribution >= 4 is 53.1 Å². The molecule has 0 aliphatic carbocycles. The highest BCUT2D eigenvalue weighted by Gasteiger charge is 2.14. The first-order chi connectivity index (χ1) is 9.83. The van der Waals surface area contributed by atoms with Crippen LogP contribution in [0.25, 0.3) is 41.7 Å². The lowest BCUT2D eigenvalue weighted by Crippen LogP contribution is -1.81. The Bertz CT molecular complexity index is 1100. The molecule has 0 spiro atoms. The third kappa shape index (κ3) is 1.13. The number of fused-ring (bicyclic) bond motifs is 3. The molecule has 4 aromatic carbocycles. The SMILES string of the molecule is Oc1ccc2c(c1)c1cccc3sc4cccc2c4c31. The predicted molar refractivity (Wildman–Crippen MR) is 87.2 cm³/mol. The van der Waals surface area contributed by atoms with Crippen LogP contribution in [0.4, 0.5) is 0 Å². The van der Waals surface area contributed by atoms with E-state index < -0.39 is 0 Å². The van der Waals surface area contributed by atoms with E-state index in [0.717, 1.165) is 5.39 Å². The summed E-state index contributed by atoms with van der Waals surface area (Å²) in [5.74, 6) is 0.326. The normalized spacial score (nSPS) is 12.2. The van der Waals surface area contributed by atoms with Crippen LogP contribution in [0.1, 0.15) is 0 Å². The van der Waals surface area contributed by atoms with Crippen LogP contribution >= 0.6 is 11.3 Å². The molecule has 0 atom stereocenters. The second-order valence-electron chi connectivity index (χ2n) is 5.19. The number of hydrogen-bond donors (Lipinski definition) is 1. The summed E-state index contributed by atoms with van der Waals surface area (Å²) in [6.07, 6.45) is 0. The van der Waals surface area contributed by atoms with Crippen molar-refractivity contribution in [1.29, 1.82) is 0 Å². The minimum atomic E-state index is 0.326. The highest BCUT2D eigenvalue weighted by Crippen LogP contribution is 2.45. The second-order valence-corrected chi connectivity index (χ2v) is 6.27. The van der Waals surface area contributed by atoms with Crippen LogP contribution in [-0.4, -0.2) is 5.11 Å².